The summed E-state index contributed by atoms with van der Waals surface area (Å²) in [5.41, 5.74) is 1.41. The van der Waals surface area contributed by atoms with Crippen molar-refractivity contribution in [3.05, 3.63) is 65.5 Å². The van der Waals surface area contributed by atoms with Crippen LogP contribution in [0.2, 0.25) is 0 Å². The zero-order valence-electron chi connectivity index (χ0n) is 11.6. The molecule has 0 saturated heterocycles. The Morgan fingerprint density at radius 3 is 2.45 bits per heavy atom. The van der Waals surface area contributed by atoms with Crippen LogP contribution in [0.3, 0.4) is 0 Å². The summed E-state index contributed by atoms with van der Waals surface area (Å²) in [6.45, 7) is 2.23. The fraction of sp³-hybridized carbons (Fsp3) is 0.294. The number of aliphatic hydroxyl groups is 1. The first-order valence-corrected chi connectivity index (χ1v) is 6.85. The molecule has 1 unspecified atom stereocenters. The molecule has 0 aliphatic rings. The minimum absolute atomic E-state index is 0.198. The minimum atomic E-state index is -0.430. The van der Waals surface area contributed by atoms with E-state index in [1.165, 1.54) is 6.07 Å². The fourth-order valence-electron chi connectivity index (χ4n) is 2.00. The molecule has 0 fully saturated rings. The highest BCUT2D eigenvalue weighted by Crippen LogP contribution is 2.22. The molecule has 2 aromatic carbocycles. The molecule has 0 radical (unpaired) electrons. The third kappa shape index (κ3) is 3.81. The SMILES string of the molecule is CCCC(O)c1ccc(OCc2ccccc2F)cc1. The fourth-order valence-corrected chi connectivity index (χ4v) is 2.00. The van der Waals surface area contributed by atoms with Crippen LogP contribution in [0.1, 0.15) is 37.0 Å². The van der Waals surface area contributed by atoms with E-state index in [-0.39, 0.29) is 12.4 Å². The van der Waals surface area contributed by atoms with E-state index in [9.17, 15) is 9.50 Å². The largest absolute Gasteiger partial charge is 0.489 e. The second kappa shape index (κ2) is 7.06. The van der Waals surface area contributed by atoms with Crippen molar-refractivity contribution in [3.63, 3.8) is 0 Å². The van der Waals surface area contributed by atoms with Crippen LogP contribution >= 0.6 is 0 Å². The van der Waals surface area contributed by atoms with Gasteiger partial charge < -0.3 is 9.84 Å². The van der Waals surface area contributed by atoms with Crippen LogP contribution in [0.5, 0.6) is 5.75 Å². The standard InChI is InChI=1S/C17H19FO2/c1-2-5-17(19)13-8-10-15(11-9-13)20-12-14-6-3-4-7-16(14)18/h3-4,6-11,17,19H,2,5,12H2,1H3. The molecule has 0 aliphatic heterocycles. The van der Waals surface area contributed by atoms with Gasteiger partial charge in [-0.1, -0.05) is 43.7 Å². The van der Waals surface area contributed by atoms with Gasteiger partial charge in [0.05, 0.1) is 6.10 Å². The Kier molecular flexibility index (Phi) is 5.13. The maximum atomic E-state index is 13.4. The molecule has 0 amide bonds. The summed E-state index contributed by atoms with van der Waals surface area (Å²) in [7, 11) is 0. The topological polar surface area (TPSA) is 29.5 Å². The Labute approximate surface area is 118 Å². The van der Waals surface area contributed by atoms with Gasteiger partial charge >= 0.3 is 0 Å². The molecule has 1 N–H and O–H groups in total. The first-order valence-electron chi connectivity index (χ1n) is 6.85. The predicted molar refractivity (Wildman–Crippen MR) is 77.0 cm³/mol. The average molecular weight is 274 g/mol. The van der Waals surface area contributed by atoms with Gasteiger partial charge in [0.2, 0.25) is 0 Å². The zero-order valence-corrected chi connectivity index (χ0v) is 11.6. The van der Waals surface area contributed by atoms with Crippen molar-refractivity contribution in [2.24, 2.45) is 0 Å². The molecule has 0 bridgehead atoms. The molecule has 0 aromatic heterocycles. The van der Waals surface area contributed by atoms with Gasteiger partial charge in [0.25, 0.3) is 0 Å². The summed E-state index contributed by atoms with van der Waals surface area (Å²) < 4.78 is 19.0. The molecular formula is C17H19FO2. The van der Waals surface area contributed by atoms with Gasteiger partial charge in [0.1, 0.15) is 18.2 Å². The number of aliphatic hydroxyl groups excluding tert-OH is 1. The van der Waals surface area contributed by atoms with Crippen molar-refractivity contribution >= 4 is 0 Å². The van der Waals surface area contributed by atoms with E-state index >= 15 is 0 Å². The summed E-state index contributed by atoms with van der Waals surface area (Å²) in [5.74, 6) is 0.406. The zero-order chi connectivity index (χ0) is 14.4. The Bertz CT molecular complexity index is 537. The van der Waals surface area contributed by atoms with Gasteiger partial charge in [-0.2, -0.15) is 0 Å². The van der Waals surface area contributed by atoms with E-state index in [1.807, 2.05) is 19.1 Å². The van der Waals surface area contributed by atoms with E-state index < -0.39 is 6.10 Å². The Morgan fingerprint density at radius 1 is 1.10 bits per heavy atom. The highest BCUT2D eigenvalue weighted by molar-refractivity contribution is 5.29. The molecule has 1 atom stereocenters. The normalized spacial score (nSPS) is 12.2. The van der Waals surface area contributed by atoms with E-state index in [2.05, 4.69) is 0 Å². The van der Waals surface area contributed by atoms with E-state index in [4.69, 9.17) is 4.74 Å². The average Bonchev–Trinajstić information content (AvgIpc) is 2.47. The Morgan fingerprint density at radius 2 is 1.80 bits per heavy atom. The third-order valence-electron chi connectivity index (χ3n) is 3.18. The number of halogens is 1. The molecule has 20 heavy (non-hydrogen) atoms. The van der Waals surface area contributed by atoms with Crippen molar-refractivity contribution in [1.82, 2.24) is 0 Å². The van der Waals surface area contributed by atoms with Gasteiger partial charge in [0.15, 0.2) is 0 Å². The molecule has 2 rings (SSSR count). The second-order valence-electron chi connectivity index (χ2n) is 4.75. The molecule has 0 aliphatic carbocycles. The van der Waals surface area contributed by atoms with Crippen LogP contribution in [-0.4, -0.2) is 5.11 Å². The molecule has 106 valence electrons. The molecule has 2 aromatic rings. The number of ether oxygens (including phenoxy) is 1. The number of hydrogen-bond donors (Lipinski definition) is 1. The molecular weight excluding hydrogens is 255 g/mol. The number of benzene rings is 2. The molecule has 2 nitrogen and oxygen atoms in total. The van der Waals surface area contributed by atoms with Crippen LogP contribution in [-0.2, 0) is 6.61 Å². The van der Waals surface area contributed by atoms with Gasteiger partial charge in [-0.15, -0.1) is 0 Å². The molecule has 0 heterocycles. The van der Waals surface area contributed by atoms with Crippen molar-refractivity contribution in [2.45, 2.75) is 32.5 Å². The van der Waals surface area contributed by atoms with Crippen LogP contribution in [0.15, 0.2) is 48.5 Å². The van der Waals surface area contributed by atoms with Gasteiger partial charge in [-0.05, 0) is 30.2 Å². The van der Waals surface area contributed by atoms with Gasteiger partial charge in [-0.25, -0.2) is 4.39 Å². The van der Waals surface area contributed by atoms with Crippen LogP contribution in [0, 0.1) is 5.82 Å². The third-order valence-corrected chi connectivity index (χ3v) is 3.18. The summed E-state index contributed by atoms with van der Waals surface area (Å²) in [6, 6.07) is 13.9. The second-order valence-corrected chi connectivity index (χ2v) is 4.75. The smallest absolute Gasteiger partial charge is 0.129 e. The van der Waals surface area contributed by atoms with Crippen LogP contribution < -0.4 is 4.74 Å². The van der Waals surface area contributed by atoms with E-state index in [1.54, 1.807) is 30.3 Å². The van der Waals surface area contributed by atoms with Gasteiger partial charge in [-0.3, -0.25) is 0 Å². The van der Waals surface area contributed by atoms with Crippen molar-refractivity contribution in [1.29, 1.82) is 0 Å². The lowest BCUT2D eigenvalue weighted by molar-refractivity contribution is 0.166. The van der Waals surface area contributed by atoms with Crippen LogP contribution in [0.4, 0.5) is 4.39 Å². The first-order chi connectivity index (χ1) is 9.70. The molecule has 3 heteroatoms. The monoisotopic (exact) mass is 274 g/mol. The summed E-state index contributed by atoms with van der Waals surface area (Å²) in [4.78, 5) is 0. The maximum Gasteiger partial charge on any atom is 0.129 e. The van der Waals surface area contributed by atoms with Gasteiger partial charge in [0, 0.05) is 5.56 Å². The van der Waals surface area contributed by atoms with E-state index in [0.29, 0.717) is 11.3 Å². The minimum Gasteiger partial charge on any atom is -0.489 e. The highest BCUT2D eigenvalue weighted by Gasteiger charge is 2.06. The highest BCUT2D eigenvalue weighted by atomic mass is 19.1. The number of hydrogen-bond acceptors (Lipinski definition) is 2. The summed E-state index contributed by atoms with van der Waals surface area (Å²) >= 11 is 0. The van der Waals surface area contributed by atoms with Crippen molar-refractivity contribution in [3.8, 4) is 5.75 Å². The lowest BCUT2D eigenvalue weighted by Crippen LogP contribution is -1.99. The molecule has 0 saturated carbocycles. The Hall–Kier alpha value is -1.87. The quantitative estimate of drug-likeness (QED) is 0.853. The predicted octanol–water partition coefficient (Wildman–Crippen LogP) is 4.24. The van der Waals surface area contributed by atoms with Crippen LogP contribution in [0.25, 0.3) is 0 Å². The lowest BCUT2D eigenvalue weighted by atomic mass is 10.1. The van der Waals surface area contributed by atoms with E-state index in [0.717, 1.165) is 18.4 Å². The molecule has 0 spiro atoms. The number of rotatable bonds is 6. The summed E-state index contributed by atoms with van der Waals surface area (Å²) in [6.07, 6.45) is 1.25. The lowest BCUT2D eigenvalue weighted by Gasteiger charge is -2.11. The maximum absolute atomic E-state index is 13.4. The first kappa shape index (κ1) is 14.5. The van der Waals surface area contributed by atoms with Crippen molar-refractivity contribution in [2.75, 3.05) is 0 Å². The summed E-state index contributed by atoms with van der Waals surface area (Å²) in [5, 5.41) is 9.87. The van der Waals surface area contributed by atoms with Crippen molar-refractivity contribution < 1.29 is 14.2 Å². The Balaban J connectivity index is 1.96.